The zero-order valence-corrected chi connectivity index (χ0v) is 15.9. The minimum atomic E-state index is -0.829. The van der Waals surface area contributed by atoms with Crippen LogP contribution in [0.5, 0.6) is 5.75 Å². The van der Waals surface area contributed by atoms with Crippen LogP contribution in [0.15, 0.2) is 54.6 Å². The van der Waals surface area contributed by atoms with Gasteiger partial charge in [-0.05, 0) is 5.56 Å². The molecule has 0 aliphatic heterocycles. The summed E-state index contributed by atoms with van der Waals surface area (Å²) in [4.78, 5) is 10.4. The Kier molecular flexibility index (Phi) is 11.5. The van der Waals surface area contributed by atoms with Crippen molar-refractivity contribution in [2.75, 3.05) is 0 Å². The number of carbonyl (C=O) groups is 1. The normalized spacial score (nSPS) is 8.82. The van der Waals surface area contributed by atoms with E-state index in [2.05, 4.69) is 0 Å². The first-order valence-corrected chi connectivity index (χ1v) is 7.06. The Balaban J connectivity index is 0.00000141. The minimum absolute atomic E-state index is 0. The molecule has 1 radical (unpaired) electrons. The van der Waals surface area contributed by atoms with Gasteiger partial charge in [-0.2, -0.15) is 24.1 Å². The Bertz CT molecular complexity index is 524. The van der Waals surface area contributed by atoms with Crippen molar-refractivity contribution in [1.82, 2.24) is 0 Å². The summed E-state index contributed by atoms with van der Waals surface area (Å²) in [5, 5.41) is 8.58. The van der Waals surface area contributed by atoms with Gasteiger partial charge in [0.1, 0.15) is 6.61 Å². The van der Waals surface area contributed by atoms with Crippen LogP contribution in [0, 0.1) is 6.42 Å². The Morgan fingerprint density at radius 3 is 2.18 bits per heavy atom. The predicted octanol–water partition coefficient (Wildman–Crippen LogP) is 4.32. The van der Waals surface area contributed by atoms with Crippen LogP contribution in [-0.4, -0.2) is 11.1 Å². The van der Waals surface area contributed by atoms with Gasteiger partial charge in [0.2, 0.25) is 0 Å². The molecule has 1 N–H and O–H groups in total. The molecule has 0 saturated heterocycles. The van der Waals surface area contributed by atoms with Gasteiger partial charge in [0.25, 0.3) is 5.97 Å². The van der Waals surface area contributed by atoms with Crippen LogP contribution in [0.1, 0.15) is 31.4 Å². The van der Waals surface area contributed by atoms with Crippen LogP contribution in [0.3, 0.4) is 0 Å². The Hall–Kier alpha value is -1.32. The molecule has 115 valence electrons. The molecule has 2 aromatic carbocycles. The Labute approximate surface area is 157 Å². The van der Waals surface area contributed by atoms with E-state index < -0.39 is 5.97 Å². The van der Waals surface area contributed by atoms with Gasteiger partial charge < -0.3 is 9.84 Å². The first kappa shape index (κ1) is 20.7. The zero-order chi connectivity index (χ0) is 15.5. The zero-order valence-electron chi connectivity index (χ0n) is 13.0. The van der Waals surface area contributed by atoms with E-state index in [1.807, 2.05) is 68.4 Å². The topological polar surface area (TPSA) is 46.5 Å². The molecule has 0 fully saturated rings. The van der Waals surface area contributed by atoms with Gasteiger partial charge in [-0.3, -0.25) is 4.79 Å². The van der Waals surface area contributed by atoms with Gasteiger partial charge in [0.05, 0.1) is 5.75 Å². The van der Waals surface area contributed by atoms with E-state index in [0.717, 1.165) is 16.9 Å². The van der Waals surface area contributed by atoms with E-state index in [4.69, 9.17) is 9.84 Å². The van der Waals surface area contributed by atoms with Gasteiger partial charge in [0.15, 0.2) is 0 Å². The fourth-order valence-electron chi connectivity index (χ4n) is 1.65. The average molecular weight is 374 g/mol. The molecular formula is C18H21O3Y-. The maximum absolute atomic E-state index is 10.4. The summed E-state index contributed by atoms with van der Waals surface area (Å²) in [6, 6.07) is 17.3. The number of hydrogen-bond donors (Lipinski definition) is 1. The van der Waals surface area contributed by atoms with Gasteiger partial charge in [0, 0.05) is 39.1 Å². The molecule has 0 aliphatic carbocycles. The smallest absolute Gasteiger partial charge is 0.295 e. The first-order chi connectivity index (χ1) is 10.2. The van der Waals surface area contributed by atoms with Gasteiger partial charge in [-0.1, -0.05) is 56.3 Å². The van der Waals surface area contributed by atoms with Gasteiger partial charge >= 0.3 is 0 Å². The fourth-order valence-corrected chi connectivity index (χ4v) is 1.65. The summed E-state index contributed by atoms with van der Waals surface area (Å²) in [7, 11) is 0. The van der Waals surface area contributed by atoms with Crippen LogP contribution in [-0.2, 0) is 44.1 Å². The molecule has 0 bridgehead atoms. The van der Waals surface area contributed by atoms with E-state index in [-0.39, 0.29) is 39.1 Å². The van der Waals surface area contributed by atoms with E-state index in [1.54, 1.807) is 6.42 Å². The third-order valence-electron chi connectivity index (χ3n) is 2.64. The quantitative estimate of drug-likeness (QED) is 0.767. The van der Waals surface area contributed by atoms with Crippen LogP contribution < -0.4 is 4.74 Å². The van der Waals surface area contributed by atoms with Crippen molar-refractivity contribution in [3.63, 3.8) is 0 Å². The summed E-state index contributed by atoms with van der Waals surface area (Å²) in [6.07, 6.45) is 1.70. The molecule has 0 saturated carbocycles. The number of benzene rings is 2. The summed E-state index contributed by atoms with van der Waals surface area (Å²) in [5.74, 6) is -0.0549. The number of aliphatic carboxylic acids is 1. The molecule has 2 aromatic rings. The molecule has 0 spiro atoms. The minimum Gasteiger partial charge on any atom is -0.491 e. The van der Waals surface area contributed by atoms with E-state index >= 15 is 0 Å². The molecule has 0 aromatic heterocycles. The molecule has 22 heavy (non-hydrogen) atoms. The number of carboxylic acid groups (broad SMARTS) is 1. The van der Waals surface area contributed by atoms with Crippen molar-refractivity contribution in [2.45, 2.75) is 26.9 Å². The molecule has 0 atom stereocenters. The molecule has 0 amide bonds. The standard InChI is InChI=1S/C16H15O3.C2H6.Y/c17-16(18)11-8-13-6-9-15(10-7-13)19-12-14-4-2-1-3-5-14;1-2;/h1-10H,11-12H2,(H,17,18);1-2H3;/q-1;;. The molecule has 0 unspecified atom stereocenters. The molecule has 3 nitrogen and oxygen atoms in total. The molecule has 0 heterocycles. The van der Waals surface area contributed by atoms with E-state index in [1.165, 1.54) is 0 Å². The molecular weight excluding hydrogens is 353 g/mol. The second-order valence-corrected chi connectivity index (χ2v) is 4.15. The van der Waals surface area contributed by atoms with Crippen LogP contribution >= 0.6 is 0 Å². The van der Waals surface area contributed by atoms with E-state index in [9.17, 15) is 4.79 Å². The number of carboxylic acids is 1. The maximum Gasteiger partial charge on any atom is 0.295 e. The van der Waals surface area contributed by atoms with Crippen molar-refractivity contribution in [3.05, 3.63) is 72.1 Å². The molecule has 2 rings (SSSR count). The number of hydrogen-bond acceptors (Lipinski definition) is 2. The number of ether oxygens (including phenoxy) is 1. The van der Waals surface area contributed by atoms with Crippen LogP contribution in [0.25, 0.3) is 0 Å². The second kappa shape index (κ2) is 12.3. The Morgan fingerprint density at radius 2 is 1.64 bits per heavy atom. The SMILES string of the molecule is CC.O=C(O)C[CH-]c1ccc(OCc2ccccc2)cc1.[Y]. The van der Waals surface area contributed by atoms with Crippen molar-refractivity contribution in [1.29, 1.82) is 0 Å². The third kappa shape index (κ3) is 8.21. The Morgan fingerprint density at radius 1 is 1.05 bits per heavy atom. The summed E-state index contributed by atoms with van der Waals surface area (Å²) in [5.41, 5.74) is 2.00. The van der Waals surface area contributed by atoms with Crippen LogP contribution in [0.2, 0.25) is 0 Å². The monoisotopic (exact) mass is 374 g/mol. The predicted molar refractivity (Wildman–Crippen MR) is 84.2 cm³/mol. The molecule has 0 aliphatic rings. The largest absolute Gasteiger partial charge is 0.491 e. The van der Waals surface area contributed by atoms with Crippen molar-refractivity contribution in [3.8, 4) is 5.75 Å². The average Bonchev–Trinajstić information content (AvgIpc) is 2.55. The van der Waals surface area contributed by atoms with Gasteiger partial charge in [-0.15, -0.1) is 0 Å². The second-order valence-electron chi connectivity index (χ2n) is 4.15. The third-order valence-corrected chi connectivity index (χ3v) is 2.64. The van der Waals surface area contributed by atoms with Crippen molar-refractivity contribution < 1.29 is 47.3 Å². The molecule has 4 heteroatoms. The van der Waals surface area contributed by atoms with Crippen LogP contribution in [0.4, 0.5) is 0 Å². The van der Waals surface area contributed by atoms with Crippen molar-refractivity contribution in [2.24, 2.45) is 0 Å². The maximum atomic E-state index is 10.4. The number of rotatable bonds is 6. The summed E-state index contributed by atoms with van der Waals surface area (Å²) < 4.78 is 5.64. The first-order valence-electron chi connectivity index (χ1n) is 7.06. The van der Waals surface area contributed by atoms with E-state index in [0.29, 0.717) is 6.61 Å². The summed E-state index contributed by atoms with van der Waals surface area (Å²) >= 11 is 0. The van der Waals surface area contributed by atoms with Crippen molar-refractivity contribution >= 4 is 5.97 Å². The fraction of sp³-hybridized carbons (Fsp3) is 0.222. The summed E-state index contributed by atoms with van der Waals surface area (Å²) in [6.45, 7) is 4.53. The van der Waals surface area contributed by atoms with Gasteiger partial charge in [-0.25, -0.2) is 0 Å².